The van der Waals surface area contributed by atoms with Crippen LogP contribution in [0, 0.1) is 10.1 Å². The first-order chi connectivity index (χ1) is 9.86. The number of methoxy groups -OCH3 is 1. The lowest BCUT2D eigenvalue weighted by atomic mass is 10.3. The van der Waals surface area contributed by atoms with Gasteiger partial charge in [0.05, 0.1) is 16.9 Å². The third-order valence-electron chi connectivity index (χ3n) is 2.42. The van der Waals surface area contributed by atoms with Crippen LogP contribution >= 0.6 is 0 Å². The number of non-ortho nitro benzene ring substituents is 1. The number of hydrogen-bond donors (Lipinski definition) is 1. The van der Waals surface area contributed by atoms with E-state index in [4.69, 9.17) is 0 Å². The highest BCUT2D eigenvalue weighted by Crippen LogP contribution is 2.15. The molecule has 0 saturated carbocycles. The molecule has 1 aromatic carbocycles. The van der Waals surface area contributed by atoms with Crippen molar-refractivity contribution in [2.24, 2.45) is 0 Å². The van der Waals surface area contributed by atoms with Crippen LogP contribution in [-0.4, -0.2) is 33.0 Å². The molecule has 0 saturated heterocycles. The summed E-state index contributed by atoms with van der Waals surface area (Å²) in [6, 6.07) is 4.55. The number of nitrogens with zero attached hydrogens (tertiary/aromatic N) is 1. The zero-order chi connectivity index (χ0) is 15.9. The van der Waals surface area contributed by atoms with Gasteiger partial charge in [-0.25, -0.2) is 17.9 Å². The maximum atomic E-state index is 11.9. The smallest absolute Gasteiger partial charge is 0.330 e. The number of rotatable bonds is 7. The van der Waals surface area contributed by atoms with E-state index in [1.165, 1.54) is 19.3 Å². The third-order valence-corrected chi connectivity index (χ3v) is 3.89. The second-order valence-electron chi connectivity index (χ2n) is 3.86. The van der Waals surface area contributed by atoms with Crippen LogP contribution in [0.4, 0.5) is 5.69 Å². The zero-order valence-electron chi connectivity index (χ0n) is 11.2. The number of ether oxygens (including phenoxy) is 1. The summed E-state index contributed by atoms with van der Waals surface area (Å²) in [6.07, 6.45) is 2.98. The molecule has 0 unspecified atom stereocenters. The summed E-state index contributed by atoms with van der Waals surface area (Å²) in [5.74, 6) is -0.520. The van der Waals surface area contributed by atoms with Crippen molar-refractivity contribution in [3.63, 3.8) is 0 Å². The maximum absolute atomic E-state index is 11.9. The Hall–Kier alpha value is -2.26. The Morgan fingerprint density at radius 2 is 2.00 bits per heavy atom. The Morgan fingerprint density at radius 1 is 1.38 bits per heavy atom. The summed E-state index contributed by atoms with van der Waals surface area (Å²) in [5, 5.41) is 10.5. The quantitative estimate of drug-likeness (QED) is 0.264. The van der Waals surface area contributed by atoms with Crippen LogP contribution in [0.15, 0.2) is 41.3 Å². The highest BCUT2D eigenvalue weighted by atomic mass is 32.2. The maximum Gasteiger partial charge on any atom is 0.330 e. The van der Waals surface area contributed by atoms with Gasteiger partial charge >= 0.3 is 5.97 Å². The molecule has 21 heavy (non-hydrogen) atoms. The van der Waals surface area contributed by atoms with Gasteiger partial charge in [0.1, 0.15) is 0 Å². The van der Waals surface area contributed by atoms with Crippen LogP contribution in [0.1, 0.15) is 6.42 Å². The topological polar surface area (TPSA) is 116 Å². The molecule has 0 radical (unpaired) electrons. The van der Waals surface area contributed by atoms with Gasteiger partial charge in [-0.3, -0.25) is 10.1 Å². The second-order valence-corrected chi connectivity index (χ2v) is 5.63. The van der Waals surface area contributed by atoms with Gasteiger partial charge in [-0.1, -0.05) is 6.08 Å². The number of nitro benzene ring substituents is 1. The first-order valence-electron chi connectivity index (χ1n) is 5.85. The monoisotopic (exact) mass is 314 g/mol. The molecule has 0 aliphatic carbocycles. The first kappa shape index (κ1) is 16.8. The van der Waals surface area contributed by atoms with E-state index in [2.05, 4.69) is 9.46 Å². The highest BCUT2D eigenvalue weighted by molar-refractivity contribution is 7.89. The van der Waals surface area contributed by atoms with Gasteiger partial charge in [-0.2, -0.15) is 0 Å². The molecule has 0 fully saturated rings. The molecule has 0 spiro atoms. The standard InChI is InChI=1S/C12H14N2O6S/c1-20-12(15)4-2-3-9-13-21(18,19)11-7-5-10(6-8-11)14(16)17/h2,4-8,13H,3,9H2,1H3/b4-2+. The van der Waals surface area contributed by atoms with Gasteiger partial charge in [-0.15, -0.1) is 0 Å². The number of hydrogen-bond acceptors (Lipinski definition) is 6. The van der Waals surface area contributed by atoms with Gasteiger partial charge in [0.2, 0.25) is 10.0 Å². The number of nitrogens with one attached hydrogen (secondary N) is 1. The van der Waals surface area contributed by atoms with Crippen molar-refractivity contribution in [1.29, 1.82) is 0 Å². The minimum atomic E-state index is -3.73. The Bertz CT molecular complexity index is 636. The second kappa shape index (κ2) is 7.50. The third kappa shape index (κ3) is 5.32. The SMILES string of the molecule is COC(=O)/C=C/CCNS(=O)(=O)c1ccc([N+](=O)[O-])cc1. The van der Waals surface area contributed by atoms with Crippen LogP contribution in [0.5, 0.6) is 0 Å². The Kier molecular flexibility index (Phi) is 6.00. The van der Waals surface area contributed by atoms with Crippen LogP contribution in [-0.2, 0) is 19.6 Å². The van der Waals surface area contributed by atoms with Crippen LogP contribution < -0.4 is 4.72 Å². The Balaban J connectivity index is 2.59. The molecule has 1 N–H and O–H groups in total. The molecule has 0 aliphatic rings. The fourth-order valence-corrected chi connectivity index (χ4v) is 2.40. The Morgan fingerprint density at radius 3 is 2.52 bits per heavy atom. The van der Waals surface area contributed by atoms with Gasteiger partial charge in [0.25, 0.3) is 5.69 Å². The molecule has 0 heterocycles. The molecule has 0 atom stereocenters. The predicted molar refractivity (Wildman–Crippen MR) is 74.1 cm³/mol. The molecule has 114 valence electrons. The van der Waals surface area contributed by atoms with E-state index in [1.807, 2.05) is 0 Å². The van der Waals surface area contributed by atoms with Crippen molar-refractivity contribution in [3.05, 3.63) is 46.5 Å². The molecular formula is C12H14N2O6S. The lowest BCUT2D eigenvalue weighted by Gasteiger charge is -2.05. The van der Waals surface area contributed by atoms with Crippen molar-refractivity contribution < 1.29 is 22.9 Å². The summed E-state index contributed by atoms with van der Waals surface area (Å²) >= 11 is 0. The number of nitro groups is 1. The number of sulfonamides is 1. The summed E-state index contributed by atoms with van der Waals surface area (Å²) in [4.78, 5) is 20.6. The predicted octanol–water partition coefficient (Wildman–Crippen LogP) is 0.992. The van der Waals surface area contributed by atoms with Crippen LogP contribution in [0.2, 0.25) is 0 Å². The van der Waals surface area contributed by atoms with E-state index in [0.29, 0.717) is 6.42 Å². The average molecular weight is 314 g/mol. The van der Waals surface area contributed by atoms with E-state index in [0.717, 1.165) is 24.3 Å². The van der Waals surface area contributed by atoms with E-state index in [9.17, 15) is 23.3 Å². The molecule has 1 aromatic rings. The summed E-state index contributed by atoms with van der Waals surface area (Å²) < 4.78 is 30.4. The number of esters is 1. The molecule has 9 heteroatoms. The highest BCUT2D eigenvalue weighted by Gasteiger charge is 2.14. The molecule has 0 bridgehead atoms. The summed E-state index contributed by atoms with van der Waals surface area (Å²) in [5.41, 5.74) is -0.185. The van der Waals surface area contributed by atoms with Crippen molar-refractivity contribution in [1.82, 2.24) is 4.72 Å². The van der Waals surface area contributed by atoms with Crippen molar-refractivity contribution in [3.8, 4) is 0 Å². The molecule has 8 nitrogen and oxygen atoms in total. The van der Waals surface area contributed by atoms with Gasteiger partial charge in [0, 0.05) is 24.8 Å². The van der Waals surface area contributed by atoms with Crippen molar-refractivity contribution in [2.75, 3.05) is 13.7 Å². The van der Waals surface area contributed by atoms with Crippen molar-refractivity contribution >= 4 is 21.7 Å². The fraction of sp³-hybridized carbons (Fsp3) is 0.250. The average Bonchev–Trinajstić information content (AvgIpc) is 2.46. The lowest BCUT2D eigenvalue weighted by molar-refractivity contribution is -0.384. The van der Waals surface area contributed by atoms with E-state index in [-0.39, 0.29) is 17.1 Å². The molecule has 0 aromatic heterocycles. The van der Waals surface area contributed by atoms with Crippen molar-refractivity contribution in [2.45, 2.75) is 11.3 Å². The minimum absolute atomic E-state index is 0.0648. The van der Waals surface area contributed by atoms with Gasteiger partial charge in [-0.05, 0) is 18.6 Å². The number of carbonyl (C=O) groups excluding carboxylic acids is 1. The summed E-state index contributed by atoms with van der Waals surface area (Å²) in [7, 11) is -2.49. The van der Waals surface area contributed by atoms with E-state index in [1.54, 1.807) is 0 Å². The number of carbonyl (C=O) groups is 1. The van der Waals surface area contributed by atoms with E-state index >= 15 is 0 Å². The molecular weight excluding hydrogens is 300 g/mol. The minimum Gasteiger partial charge on any atom is -0.466 e. The normalized spacial score (nSPS) is 11.5. The van der Waals surface area contributed by atoms with Gasteiger partial charge in [0.15, 0.2) is 0 Å². The first-order valence-corrected chi connectivity index (χ1v) is 7.34. The lowest BCUT2D eigenvalue weighted by Crippen LogP contribution is -2.24. The molecule has 0 aliphatic heterocycles. The fourth-order valence-electron chi connectivity index (χ4n) is 1.35. The largest absolute Gasteiger partial charge is 0.466 e. The van der Waals surface area contributed by atoms with Crippen LogP contribution in [0.25, 0.3) is 0 Å². The van der Waals surface area contributed by atoms with E-state index < -0.39 is 20.9 Å². The summed E-state index contributed by atoms with van der Waals surface area (Å²) in [6.45, 7) is 0.0901. The van der Waals surface area contributed by atoms with Gasteiger partial charge < -0.3 is 4.74 Å². The molecule has 1 rings (SSSR count). The number of benzene rings is 1. The van der Waals surface area contributed by atoms with Crippen LogP contribution in [0.3, 0.4) is 0 Å². The molecule has 0 amide bonds. The Labute approximate surface area is 121 Å². The zero-order valence-corrected chi connectivity index (χ0v) is 12.0.